The highest BCUT2D eigenvalue weighted by Gasteiger charge is 2.85. The Bertz CT molecular complexity index is 1280. The summed E-state index contributed by atoms with van der Waals surface area (Å²) in [6, 6.07) is 9.29. The zero-order chi connectivity index (χ0) is 34.6. The van der Waals surface area contributed by atoms with E-state index in [2.05, 4.69) is 6.92 Å². The molecule has 2 saturated heterocycles. The van der Waals surface area contributed by atoms with Crippen LogP contribution >= 0.6 is 0 Å². The van der Waals surface area contributed by atoms with Gasteiger partial charge >= 0.3 is 23.9 Å². The Hall–Kier alpha value is -3.39. The van der Waals surface area contributed by atoms with E-state index in [0.29, 0.717) is 18.8 Å². The molecule has 2 fully saturated rings. The number of hydrogen-bond donors (Lipinski definition) is 5. The van der Waals surface area contributed by atoms with Gasteiger partial charge in [0.2, 0.25) is 23.1 Å². The molecule has 0 radical (unpaired) electrons. The van der Waals surface area contributed by atoms with Gasteiger partial charge < -0.3 is 39.7 Å². The number of carbonyl (C=O) groups excluding carboxylic acids is 2. The fraction of sp³-hybridized carbons (Fsp3) is 0.667. The van der Waals surface area contributed by atoms with Gasteiger partial charge in [0, 0.05) is 24.7 Å². The lowest BCUT2D eigenvalue weighted by atomic mass is 9.74. The highest BCUT2D eigenvalue weighted by atomic mass is 16.8. The number of aliphatic carboxylic acids is 3. The number of Topliss-reactive ketones (excluding diaryl/α,β-unsaturated/α-hetero) is 1. The first kappa shape index (κ1) is 37.1. The molecule has 2 bridgehead atoms. The zero-order valence-electron chi connectivity index (χ0n) is 26.9. The van der Waals surface area contributed by atoms with E-state index in [0.717, 1.165) is 18.4 Å². The van der Waals surface area contributed by atoms with Crippen LogP contribution in [0.1, 0.15) is 78.7 Å². The largest absolute Gasteiger partial charge is 0.479 e. The number of benzene rings is 1. The molecule has 5 N–H and O–H groups in total. The van der Waals surface area contributed by atoms with Gasteiger partial charge in [-0.25, -0.2) is 14.4 Å². The van der Waals surface area contributed by atoms with Crippen LogP contribution in [-0.4, -0.2) is 90.5 Å². The normalized spacial score (nSPS) is 31.3. The SMILES string of the molecule is CC[C@H](C)C[C@H](C)CCC(=O)O[C@@H]1[C@@H](O)[C@@]2(CC[C@H](C)C(=O)[C@H](C)Cc3ccccc3)O[C@H](C(=O)O)[C@@](O)(C(=O)O)[C@]1(C(=O)O)O2. The summed E-state index contributed by atoms with van der Waals surface area (Å²) in [5.41, 5.74) is -6.39. The van der Waals surface area contributed by atoms with E-state index >= 15 is 0 Å². The van der Waals surface area contributed by atoms with Crippen LogP contribution in [0.2, 0.25) is 0 Å². The summed E-state index contributed by atoms with van der Waals surface area (Å²) < 4.78 is 16.5. The Morgan fingerprint density at radius 3 is 2.09 bits per heavy atom. The molecule has 256 valence electrons. The molecule has 1 aromatic rings. The van der Waals surface area contributed by atoms with Crippen molar-refractivity contribution < 1.29 is 63.7 Å². The molecule has 46 heavy (non-hydrogen) atoms. The van der Waals surface area contributed by atoms with E-state index in [-0.39, 0.29) is 24.5 Å². The number of aliphatic hydroxyl groups excluding tert-OH is 1. The maximum atomic E-state index is 13.2. The minimum absolute atomic E-state index is 0.0743. The lowest BCUT2D eigenvalue weighted by Gasteiger charge is -2.48. The van der Waals surface area contributed by atoms with Gasteiger partial charge in [-0.2, -0.15) is 0 Å². The van der Waals surface area contributed by atoms with Crippen LogP contribution in [-0.2, 0) is 44.6 Å². The Kier molecular flexibility index (Phi) is 11.7. The number of rotatable bonds is 17. The average Bonchev–Trinajstić information content (AvgIpc) is 3.22. The number of aliphatic hydroxyl groups is 2. The van der Waals surface area contributed by atoms with Gasteiger partial charge in [0.1, 0.15) is 11.9 Å². The molecule has 2 aliphatic rings. The third kappa shape index (κ3) is 6.97. The molecule has 0 saturated carbocycles. The molecule has 0 aromatic heterocycles. The predicted octanol–water partition coefficient (Wildman–Crippen LogP) is 2.82. The van der Waals surface area contributed by atoms with Gasteiger partial charge in [-0.05, 0) is 43.1 Å². The number of carboxylic acid groups (broad SMARTS) is 3. The third-order valence-corrected chi connectivity index (χ3v) is 9.49. The standard InChI is InChI=1S/C33H46O13/c1-6-18(2)16-19(3)12-13-23(34)44-26-25(36)31(15-14-20(4)24(35)21(5)17-22-10-8-7-9-11-22)45-27(28(37)38)32(43,29(39)40)33(26,46-31)30(41)42/h7-11,18-21,25-27,36,43H,6,12-17H2,1-5H3,(H,37,38)(H,39,40)(H,41,42)/t18-,19+,20-,21+,25+,26+,27+,31-,32+,33-/m0/s1. The fourth-order valence-electron chi connectivity index (χ4n) is 6.60. The summed E-state index contributed by atoms with van der Waals surface area (Å²) >= 11 is 0. The number of fused-ring (bicyclic) bond motifs is 2. The summed E-state index contributed by atoms with van der Waals surface area (Å²) in [6.07, 6.45) is -5.73. The maximum absolute atomic E-state index is 13.2. The van der Waals surface area contributed by atoms with Crippen molar-refractivity contribution in [2.75, 3.05) is 0 Å². The monoisotopic (exact) mass is 650 g/mol. The average molecular weight is 651 g/mol. The van der Waals surface area contributed by atoms with E-state index < -0.39 is 77.4 Å². The van der Waals surface area contributed by atoms with Crippen molar-refractivity contribution >= 4 is 29.7 Å². The van der Waals surface area contributed by atoms with Crippen LogP contribution in [0.15, 0.2) is 30.3 Å². The molecule has 0 spiro atoms. The van der Waals surface area contributed by atoms with Crippen LogP contribution in [0.25, 0.3) is 0 Å². The highest BCUT2D eigenvalue weighted by Crippen LogP contribution is 2.56. The lowest BCUT2D eigenvalue weighted by molar-refractivity contribution is -0.374. The van der Waals surface area contributed by atoms with Crippen LogP contribution in [0, 0.1) is 23.7 Å². The van der Waals surface area contributed by atoms with Crippen LogP contribution in [0.3, 0.4) is 0 Å². The second kappa shape index (κ2) is 14.6. The molecule has 13 heteroatoms. The summed E-state index contributed by atoms with van der Waals surface area (Å²) in [7, 11) is 0. The molecule has 0 aliphatic carbocycles. The molecular weight excluding hydrogens is 604 g/mol. The molecule has 2 aliphatic heterocycles. The van der Waals surface area contributed by atoms with Crippen LogP contribution < -0.4 is 0 Å². The minimum Gasteiger partial charge on any atom is -0.479 e. The van der Waals surface area contributed by atoms with Gasteiger partial charge in [0.05, 0.1) is 0 Å². The Labute approximate surface area is 267 Å². The fourth-order valence-corrected chi connectivity index (χ4v) is 6.60. The maximum Gasteiger partial charge on any atom is 0.344 e. The van der Waals surface area contributed by atoms with E-state index in [4.69, 9.17) is 14.2 Å². The molecule has 3 rings (SSSR count). The number of ether oxygens (including phenoxy) is 3. The molecule has 0 unspecified atom stereocenters. The van der Waals surface area contributed by atoms with E-state index in [1.54, 1.807) is 13.8 Å². The Morgan fingerprint density at radius 2 is 1.54 bits per heavy atom. The van der Waals surface area contributed by atoms with Crippen molar-refractivity contribution in [2.45, 2.75) is 115 Å². The first-order valence-electron chi connectivity index (χ1n) is 15.7. The molecule has 10 atom stereocenters. The third-order valence-electron chi connectivity index (χ3n) is 9.49. The van der Waals surface area contributed by atoms with Crippen molar-refractivity contribution in [1.29, 1.82) is 0 Å². The van der Waals surface area contributed by atoms with Gasteiger partial charge in [0.15, 0.2) is 6.10 Å². The Morgan fingerprint density at radius 1 is 0.913 bits per heavy atom. The molecule has 13 nitrogen and oxygen atoms in total. The molecule has 2 heterocycles. The summed E-state index contributed by atoms with van der Waals surface area (Å²) in [4.78, 5) is 63.9. The summed E-state index contributed by atoms with van der Waals surface area (Å²) in [5.74, 6) is -11.0. The smallest absolute Gasteiger partial charge is 0.344 e. The summed E-state index contributed by atoms with van der Waals surface area (Å²) in [5, 5.41) is 53.2. The molecule has 1 aromatic carbocycles. The van der Waals surface area contributed by atoms with Crippen LogP contribution in [0.5, 0.6) is 0 Å². The number of ketones is 1. The van der Waals surface area contributed by atoms with Gasteiger partial charge in [-0.1, -0.05) is 71.4 Å². The number of carboxylic acids is 3. The quantitative estimate of drug-likeness (QED) is 0.154. The first-order chi connectivity index (χ1) is 21.5. The van der Waals surface area contributed by atoms with Crippen molar-refractivity contribution in [1.82, 2.24) is 0 Å². The van der Waals surface area contributed by atoms with Crippen molar-refractivity contribution in [3.63, 3.8) is 0 Å². The highest BCUT2D eigenvalue weighted by molar-refractivity contribution is 5.98. The second-order valence-electron chi connectivity index (χ2n) is 13.0. The zero-order valence-corrected chi connectivity index (χ0v) is 26.9. The molecule has 0 amide bonds. The van der Waals surface area contributed by atoms with Crippen molar-refractivity contribution in [2.24, 2.45) is 23.7 Å². The van der Waals surface area contributed by atoms with Gasteiger partial charge in [0.25, 0.3) is 0 Å². The van der Waals surface area contributed by atoms with Crippen molar-refractivity contribution in [3.05, 3.63) is 35.9 Å². The number of esters is 1. The first-order valence-corrected chi connectivity index (χ1v) is 15.7. The topological polar surface area (TPSA) is 214 Å². The van der Waals surface area contributed by atoms with E-state index in [1.165, 1.54) is 0 Å². The van der Waals surface area contributed by atoms with Gasteiger partial charge in [-0.3, -0.25) is 9.59 Å². The minimum atomic E-state index is -3.84. The van der Waals surface area contributed by atoms with Crippen LogP contribution in [0.4, 0.5) is 0 Å². The number of hydrogen-bond acceptors (Lipinski definition) is 10. The second-order valence-corrected chi connectivity index (χ2v) is 13.0. The number of carbonyl (C=O) groups is 5. The molecular formula is C33H46O13. The predicted molar refractivity (Wildman–Crippen MR) is 160 cm³/mol. The van der Waals surface area contributed by atoms with E-state index in [9.17, 15) is 49.5 Å². The van der Waals surface area contributed by atoms with Crippen molar-refractivity contribution in [3.8, 4) is 0 Å². The van der Waals surface area contributed by atoms with E-state index in [1.807, 2.05) is 44.2 Å². The van der Waals surface area contributed by atoms with Gasteiger partial charge in [-0.15, -0.1) is 0 Å². The lowest BCUT2D eigenvalue weighted by Crippen LogP contribution is -2.78. The summed E-state index contributed by atoms with van der Waals surface area (Å²) in [6.45, 7) is 9.34. The Balaban J connectivity index is 1.93.